The van der Waals surface area contributed by atoms with E-state index in [1.807, 2.05) is 0 Å². The van der Waals surface area contributed by atoms with Gasteiger partial charge in [-0.3, -0.25) is 0 Å². The third-order valence-corrected chi connectivity index (χ3v) is 2.18. The summed E-state index contributed by atoms with van der Waals surface area (Å²) in [7, 11) is 0. The summed E-state index contributed by atoms with van der Waals surface area (Å²) in [6.45, 7) is 0. The van der Waals surface area contributed by atoms with Crippen molar-refractivity contribution in [1.29, 1.82) is 5.39 Å². The van der Waals surface area contributed by atoms with E-state index in [1.54, 1.807) is 0 Å². The van der Waals surface area contributed by atoms with Crippen LogP contribution >= 0.6 is 0 Å². The Morgan fingerprint density at radius 1 is 1.31 bits per heavy atom. The van der Waals surface area contributed by atoms with Crippen LogP contribution < -0.4 is 0 Å². The second kappa shape index (κ2) is 3.13. The number of halogens is 3. The molecule has 0 spiro atoms. The van der Waals surface area contributed by atoms with Crippen molar-refractivity contribution in [2.75, 3.05) is 0 Å². The number of aromatic amines is 1. The van der Waals surface area contributed by atoms with E-state index in [1.165, 1.54) is 0 Å². The molecular weight excluding hydrogens is 223 g/mol. The quantitative estimate of drug-likeness (QED) is 0.679. The van der Waals surface area contributed by atoms with Crippen LogP contribution in [0.1, 0.15) is 5.56 Å². The molecule has 1 aromatic heterocycles. The maximum absolute atomic E-state index is 12.4. The zero-order valence-electron chi connectivity index (χ0n) is 7.71. The molecule has 0 amide bonds. The van der Waals surface area contributed by atoms with Crippen LogP contribution in [-0.4, -0.2) is 10.1 Å². The number of aromatic hydroxyl groups is 1. The van der Waals surface area contributed by atoms with Crippen LogP contribution in [0.4, 0.5) is 18.9 Å². The number of H-pyrrole nitrogens is 1. The van der Waals surface area contributed by atoms with Crippen LogP contribution in [-0.2, 0) is 6.18 Å². The molecule has 16 heavy (non-hydrogen) atoms. The lowest BCUT2D eigenvalue weighted by Crippen LogP contribution is -2.03. The molecule has 2 N–H and O–H groups in total. The molecule has 4 nitrogen and oxygen atoms in total. The number of nitrogens with zero attached hydrogens (tertiary/aromatic N) is 2. The average molecular weight is 228 g/mol. The number of benzene rings is 1. The van der Waals surface area contributed by atoms with Gasteiger partial charge in [-0.15, -0.1) is 0 Å². The van der Waals surface area contributed by atoms with Crippen LogP contribution in [0.25, 0.3) is 15.9 Å². The van der Waals surface area contributed by atoms with E-state index in [-0.39, 0.29) is 16.6 Å². The molecule has 0 aliphatic rings. The zero-order chi connectivity index (χ0) is 11.9. The van der Waals surface area contributed by atoms with E-state index in [0.717, 1.165) is 18.2 Å². The molecule has 1 aromatic carbocycles. The third-order valence-electron chi connectivity index (χ3n) is 2.18. The van der Waals surface area contributed by atoms with E-state index in [0.29, 0.717) is 0 Å². The summed E-state index contributed by atoms with van der Waals surface area (Å²) in [5.74, 6) is -0.475. The smallest absolute Gasteiger partial charge is 0.453 e. The number of fused-ring (bicyclic) bond motifs is 1. The van der Waals surface area contributed by atoms with Crippen molar-refractivity contribution in [3.05, 3.63) is 28.7 Å². The summed E-state index contributed by atoms with van der Waals surface area (Å²) in [4.78, 5) is 5.08. The zero-order valence-corrected chi connectivity index (χ0v) is 7.71. The Bertz CT molecular complexity index is 594. The topological polar surface area (TPSA) is 64.2 Å². The molecule has 0 bridgehead atoms. The lowest BCUT2D eigenvalue weighted by Gasteiger charge is -2.04. The van der Waals surface area contributed by atoms with Crippen molar-refractivity contribution < 1.29 is 18.3 Å². The van der Waals surface area contributed by atoms with Crippen molar-refractivity contribution in [2.24, 2.45) is 0 Å². The van der Waals surface area contributed by atoms with E-state index in [2.05, 4.69) is 9.96 Å². The predicted octanol–water partition coefficient (Wildman–Crippen LogP) is 3.38. The Morgan fingerprint density at radius 2 is 2.00 bits per heavy atom. The van der Waals surface area contributed by atoms with Crippen molar-refractivity contribution in [2.45, 2.75) is 6.18 Å². The summed E-state index contributed by atoms with van der Waals surface area (Å²) in [5.41, 5.74) is -0.963. The van der Waals surface area contributed by atoms with Gasteiger partial charge < -0.3 is 10.1 Å². The number of hydrogen-bond donors (Lipinski definition) is 2. The molecule has 0 fully saturated rings. The van der Waals surface area contributed by atoms with Gasteiger partial charge in [-0.25, -0.2) is 0 Å². The Kier molecular flexibility index (Phi) is 2.01. The van der Waals surface area contributed by atoms with Crippen LogP contribution in [0.3, 0.4) is 0 Å². The molecule has 82 valence electrons. The highest BCUT2D eigenvalue weighted by molar-refractivity contribution is 5.96. The fraction of sp³-hybridized carbons (Fsp3) is 0.111. The van der Waals surface area contributed by atoms with Crippen molar-refractivity contribution in [3.8, 4) is 5.88 Å². The van der Waals surface area contributed by atoms with Crippen molar-refractivity contribution in [1.82, 2.24) is 4.98 Å². The molecule has 1 heterocycles. The minimum atomic E-state index is -4.45. The molecule has 0 saturated carbocycles. The Balaban J connectivity index is 2.71. The highest BCUT2D eigenvalue weighted by Crippen LogP contribution is 2.38. The second-order valence-electron chi connectivity index (χ2n) is 3.18. The molecule has 2 aromatic rings. The van der Waals surface area contributed by atoms with Gasteiger partial charge in [-0.1, -0.05) is 0 Å². The van der Waals surface area contributed by atoms with Gasteiger partial charge in [0.05, 0.1) is 16.5 Å². The number of alkyl halides is 3. The van der Waals surface area contributed by atoms with Gasteiger partial charge in [-0.2, -0.15) is 13.2 Å². The average Bonchev–Trinajstić information content (AvgIpc) is 2.50. The van der Waals surface area contributed by atoms with Crippen LogP contribution in [0.2, 0.25) is 0 Å². The Hall–Kier alpha value is -2.23. The molecule has 0 aliphatic heterocycles. The third kappa shape index (κ3) is 1.44. The number of nitrogens with one attached hydrogen (secondary N) is 1. The van der Waals surface area contributed by atoms with Gasteiger partial charge >= 0.3 is 11.9 Å². The van der Waals surface area contributed by atoms with Gasteiger partial charge in [0, 0.05) is 0 Å². The molecular formula is C9H5F3N3O+. The summed E-state index contributed by atoms with van der Waals surface area (Å²) in [6, 6.07) is 2.82. The number of rotatable bonds is 0. The van der Waals surface area contributed by atoms with Crippen LogP contribution in [0.5, 0.6) is 5.88 Å². The van der Waals surface area contributed by atoms with Gasteiger partial charge in [0.1, 0.15) is 0 Å². The largest absolute Gasteiger partial charge is 0.489 e. The number of diazo groups is 1. The number of aromatic nitrogens is 1. The first kappa shape index (κ1) is 10.3. The van der Waals surface area contributed by atoms with Gasteiger partial charge in [0.15, 0.2) is 4.98 Å². The monoisotopic (exact) mass is 228 g/mol. The fourth-order valence-electron chi connectivity index (χ4n) is 1.45. The fourth-order valence-corrected chi connectivity index (χ4v) is 1.45. The van der Waals surface area contributed by atoms with E-state index in [4.69, 9.17) is 5.39 Å². The normalized spacial score (nSPS) is 11.6. The molecule has 0 aliphatic carbocycles. The lowest BCUT2D eigenvalue weighted by atomic mass is 10.1. The lowest BCUT2D eigenvalue weighted by molar-refractivity contribution is -0.137. The van der Waals surface area contributed by atoms with Gasteiger partial charge in [0.25, 0.3) is 5.88 Å². The van der Waals surface area contributed by atoms with Gasteiger partial charge in [0.2, 0.25) is 5.39 Å². The van der Waals surface area contributed by atoms with E-state index >= 15 is 0 Å². The molecule has 0 saturated heterocycles. The predicted molar refractivity (Wildman–Crippen MR) is 49.7 cm³/mol. The maximum atomic E-state index is 12.4. The molecule has 0 unspecified atom stereocenters. The molecule has 2 rings (SSSR count). The summed E-state index contributed by atoms with van der Waals surface area (Å²) in [5, 5.41) is 18.0. The first-order chi connectivity index (χ1) is 7.43. The van der Waals surface area contributed by atoms with Crippen LogP contribution in [0, 0.1) is 5.39 Å². The van der Waals surface area contributed by atoms with E-state index < -0.39 is 17.6 Å². The first-order valence-electron chi connectivity index (χ1n) is 4.20. The minimum Gasteiger partial charge on any atom is -0.489 e. The number of hydrogen-bond acceptors (Lipinski definition) is 2. The minimum absolute atomic E-state index is 0.0557. The SMILES string of the molecule is N#[N+]c1c(O)[nH]c2cc(C(F)(F)F)ccc12. The van der Waals surface area contributed by atoms with Crippen molar-refractivity contribution >= 4 is 16.6 Å². The summed E-state index contributed by atoms with van der Waals surface area (Å²) >= 11 is 0. The first-order valence-corrected chi connectivity index (χ1v) is 4.20. The highest BCUT2D eigenvalue weighted by Gasteiger charge is 2.32. The molecule has 0 radical (unpaired) electrons. The highest BCUT2D eigenvalue weighted by atomic mass is 19.4. The summed E-state index contributed by atoms with van der Waals surface area (Å²) < 4.78 is 37.1. The second-order valence-corrected chi connectivity index (χ2v) is 3.18. The standard InChI is InChI=1S/C9H4F3N3O/c10-9(11,12)4-1-2-5-6(3-4)14-8(16)7(5)15-13/h1-3,13H/p+1. The van der Waals surface area contributed by atoms with Crippen LogP contribution in [0.15, 0.2) is 18.2 Å². The van der Waals surface area contributed by atoms with Crippen molar-refractivity contribution in [3.63, 3.8) is 0 Å². The maximum Gasteiger partial charge on any atom is 0.453 e. The Morgan fingerprint density at radius 3 is 2.56 bits per heavy atom. The molecule has 7 heteroatoms. The Labute approximate surface area is 86.9 Å². The molecule has 0 atom stereocenters. The summed E-state index contributed by atoms with van der Waals surface area (Å²) in [6.07, 6.45) is -4.45. The van der Waals surface area contributed by atoms with Gasteiger partial charge in [-0.05, 0) is 18.2 Å². The van der Waals surface area contributed by atoms with E-state index in [9.17, 15) is 18.3 Å².